The summed E-state index contributed by atoms with van der Waals surface area (Å²) in [4.78, 5) is 10.4. The molecule has 0 aliphatic heterocycles. The molecule has 0 aromatic heterocycles. The Morgan fingerprint density at radius 2 is 2.21 bits per heavy atom. The van der Waals surface area contributed by atoms with E-state index >= 15 is 0 Å². The average Bonchev–Trinajstić information content (AvgIpc) is 2.16. The second-order valence-corrected chi connectivity index (χ2v) is 3.29. The van der Waals surface area contributed by atoms with Crippen LogP contribution < -0.4 is 0 Å². The highest BCUT2D eigenvalue weighted by atomic mass is 19.1. The number of benzene rings is 1. The van der Waals surface area contributed by atoms with Crippen molar-refractivity contribution in [3.63, 3.8) is 0 Å². The standard InChI is InChI=1S/C11H13FO2/c1-8-2-3-9(7-12)6-10(8)4-5-11(13)14/h2-3,6H,4-5,7H2,1H3,(H,13,14). The molecule has 1 N–H and O–H groups in total. The summed E-state index contributed by atoms with van der Waals surface area (Å²) in [6.07, 6.45) is 0.561. The Balaban J connectivity index is 2.78. The lowest BCUT2D eigenvalue weighted by Crippen LogP contribution is -1.99. The fourth-order valence-corrected chi connectivity index (χ4v) is 1.32. The number of hydrogen-bond acceptors (Lipinski definition) is 1. The molecule has 0 atom stereocenters. The minimum atomic E-state index is -0.824. The van der Waals surface area contributed by atoms with Crippen LogP contribution in [0, 0.1) is 6.92 Å². The van der Waals surface area contributed by atoms with Crippen molar-refractivity contribution in [1.29, 1.82) is 0 Å². The maximum absolute atomic E-state index is 12.3. The number of aryl methyl sites for hydroxylation is 2. The summed E-state index contributed by atoms with van der Waals surface area (Å²) in [5.74, 6) is -0.824. The molecular formula is C11H13FO2. The lowest BCUT2D eigenvalue weighted by molar-refractivity contribution is -0.136. The van der Waals surface area contributed by atoms with Gasteiger partial charge in [0.25, 0.3) is 0 Å². The Hall–Kier alpha value is -1.38. The van der Waals surface area contributed by atoms with E-state index in [0.29, 0.717) is 12.0 Å². The molecule has 0 saturated carbocycles. The van der Waals surface area contributed by atoms with Gasteiger partial charge in [-0.2, -0.15) is 0 Å². The van der Waals surface area contributed by atoms with Crippen LogP contribution in [0.1, 0.15) is 23.1 Å². The first-order valence-electron chi connectivity index (χ1n) is 4.49. The maximum atomic E-state index is 12.3. The van der Waals surface area contributed by atoms with Crippen molar-refractivity contribution in [3.05, 3.63) is 34.9 Å². The third kappa shape index (κ3) is 2.83. The molecule has 0 fully saturated rings. The topological polar surface area (TPSA) is 37.3 Å². The van der Waals surface area contributed by atoms with E-state index in [-0.39, 0.29) is 6.42 Å². The summed E-state index contributed by atoms with van der Waals surface area (Å²) in [7, 11) is 0. The molecular weight excluding hydrogens is 183 g/mol. The van der Waals surface area contributed by atoms with Crippen molar-refractivity contribution in [2.75, 3.05) is 0 Å². The second kappa shape index (κ2) is 4.74. The van der Waals surface area contributed by atoms with Gasteiger partial charge in [-0.1, -0.05) is 18.2 Å². The fraction of sp³-hybridized carbons (Fsp3) is 0.364. The number of aliphatic carboxylic acids is 1. The molecule has 1 aromatic carbocycles. The van der Waals surface area contributed by atoms with Crippen molar-refractivity contribution in [1.82, 2.24) is 0 Å². The lowest BCUT2D eigenvalue weighted by Gasteiger charge is -2.05. The molecule has 3 heteroatoms. The zero-order valence-corrected chi connectivity index (χ0v) is 8.09. The number of alkyl halides is 1. The largest absolute Gasteiger partial charge is 0.481 e. The Labute approximate surface area is 82.4 Å². The summed E-state index contributed by atoms with van der Waals surface area (Å²) in [5.41, 5.74) is 2.54. The number of carboxylic acids is 1. The van der Waals surface area contributed by atoms with Gasteiger partial charge in [0.2, 0.25) is 0 Å². The molecule has 76 valence electrons. The third-order valence-corrected chi connectivity index (χ3v) is 2.18. The van der Waals surface area contributed by atoms with Gasteiger partial charge >= 0.3 is 5.97 Å². The van der Waals surface area contributed by atoms with Crippen LogP contribution in [0.15, 0.2) is 18.2 Å². The number of carbonyl (C=O) groups is 1. The molecule has 1 aromatic rings. The maximum Gasteiger partial charge on any atom is 0.303 e. The molecule has 0 spiro atoms. The second-order valence-electron chi connectivity index (χ2n) is 3.29. The lowest BCUT2D eigenvalue weighted by atomic mass is 10.0. The van der Waals surface area contributed by atoms with Crippen LogP contribution in [0.25, 0.3) is 0 Å². The molecule has 0 unspecified atom stereocenters. The quantitative estimate of drug-likeness (QED) is 0.803. The first-order valence-corrected chi connectivity index (χ1v) is 4.49. The molecule has 0 saturated heterocycles. The van der Waals surface area contributed by atoms with E-state index in [1.54, 1.807) is 12.1 Å². The van der Waals surface area contributed by atoms with E-state index in [1.165, 1.54) is 0 Å². The van der Waals surface area contributed by atoms with Crippen molar-refractivity contribution >= 4 is 5.97 Å². The Bertz CT molecular complexity index is 334. The van der Waals surface area contributed by atoms with Crippen LogP contribution in [-0.4, -0.2) is 11.1 Å². The fourth-order valence-electron chi connectivity index (χ4n) is 1.32. The smallest absolute Gasteiger partial charge is 0.303 e. The first kappa shape index (κ1) is 10.7. The molecule has 0 radical (unpaired) electrons. The number of hydrogen-bond donors (Lipinski definition) is 1. The highest BCUT2D eigenvalue weighted by molar-refractivity contribution is 5.67. The number of carboxylic acid groups (broad SMARTS) is 1. The third-order valence-electron chi connectivity index (χ3n) is 2.18. The van der Waals surface area contributed by atoms with E-state index in [4.69, 9.17) is 5.11 Å². The van der Waals surface area contributed by atoms with Crippen LogP contribution in [0.5, 0.6) is 0 Å². The molecule has 0 bridgehead atoms. The van der Waals surface area contributed by atoms with E-state index in [1.807, 2.05) is 13.0 Å². The average molecular weight is 196 g/mol. The summed E-state index contributed by atoms with van der Waals surface area (Å²) in [6, 6.07) is 5.28. The number of rotatable bonds is 4. The van der Waals surface area contributed by atoms with E-state index in [9.17, 15) is 9.18 Å². The van der Waals surface area contributed by atoms with E-state index in [2.05, 4.69) is 0 Å². The number of halogens is 1. The van der Waals surface area contributed by atoms with Gasteiger partial charge in [0.15, 0.2) is 0 Å². The summed E-state index contributed by atoms with van der Waals surface area (Å²) >= 11 is 0. The minimum Gasteiger partial charge on any atom is -0.481 e. The highest BCUT2D eigenvalue weighted by Gasteiger charge is 2.03. The van der Waals surface area contributed by atoms with E-state index in [0.717, 1.165) is 11.1 Å². The SMILES string of the molecule is Cc1ccc(CF)cc1CCC(=O)O. The zero-order valence-electron chi connectivity index (χ0n) is 8.09. The van der Waals surface area contributed by atoms with Gasteiger partial charge in [0.05, 0.1) is 0 Å². The van der Waals surface area contributed by atoms with Crippen molar-refractivity contribution in [2.45, 2.75) is 26.4 Å². The molecule has 0 aliphatic carbocycles. The van der Waals surface area contributed by atoms with Crippen LogP contribution >= 0.6 is 0 Å². The normalized spacial score (nSPS) is 10.1. The van der Waals surface area contributed by atoms with Gasteiger partial charge in [0, 0.05) is 6.42 Å². The predicted octanol–water partition coefficient (Wildman–Crippen LogP) is 2.48. The van der Waals surface area contributed by atoms with Gasteiger partial charge < -0.3 is 5.11 Å². The Morgan fingerprint density at radius 1 is 1.50 bits per heavy atom. The van der Waals surface area contributed by atoms with Gasteiger partial charge in [-0.25, -0.2) is 4.39 Å². The highest BCUT2D eigenvalue weighted by Crippen LogP contribution is 2.14. The van der Waals surface area contributed by atoms with Gasteiger partial charge in [-0.05, 0) is 30.0 Å². The predicted molar refractivity (Wildman–Crippen MR) is 51.9 cm³/mol. The van der Waals surface area contributed by atoms with Crippen LogP contribution in [0.2, 0.25) is 0 Å². The van der Waals surface area contributed by atoms with Gasteiger partial charge in [-0.15, -0.1) is 0 Å². The van der Waals surface area contributed by atoms with Crippen molar-refractivity contribution in [3.8, 4) is 0 Å². The summed E-state index contributed by atoms with van der Waals surface area (Å²) < 4.78 is 12.3. The molecule has 14 heavy (non-hydrogen) atoms. The Kier molecular flexibility index (Phi) is 3.63. The van der Waals surface area contributed by atoms with Gasteiger partial charge in [-0.3, -0.25) is 4.79 Å². The molecule has 0 aliphatic rings. The molecule has 0 heterocycles. The molecule has 1 rings (SSSR count). The van der Waals surface area contributed by atoms with E-state index < -0.39 is 12.6 Å². The first-order chi connectivity index (χ1) is 6.63. The molecule has 0 amide bonds. The zero-order chi connectivity index (χ0) is 10.6. The van der Waals surface area contributed by atoms with Crippen LogP contribution in [-0.2, 0) is 17.9 Å². The van der Waals surface area contributed by atoms with Crippen molar-refractivity contribution < 1.29 is 14.3 Å². The Morgan fingerprint density at radius 3 is 2.79 bits per heavy atom. The summed E-state index contributed by atoms with van der Waals surface area (Å²) in [6.45, 7) is 1.40. The summed E-state index contributed by atoms with van der Waals surface area (Å²) in [5, 5.41) is 8.52. The molecule has 2 nitrogen and oxygen atoms in total. The van der Waals surface area contributed by atoms with Crippen molar-refractivity contribution in [2.24, 2.45) is 0 Å². The van der Waals surface area contributed by atoms with Crippen LogP contribution in [0.3, 0.4) is 0 Å². The van der Waals surface area contributed by atoms with Gasteiger partial charge in [0.1, 0.15) is 6.67 Å². The monoisotopic (exact) mass is 196 g/mol. The minimum absolute atomic E-state index is 0.0938. The van der Waals surface area contributed by atoms with Crippen LogP contribution in [0.4, 0.5) is 4.39 Å².